The van der Waals surface area contributed by atoms with E-state index in [1.165, 1.54) is 0 Å². The number of hydrogen-bond donors (Lipinski definition) is 1. The molecule has 0 saturated carbocycles. The molecule has 0 aliphatic carbocycles. The number of nitrogens with one attached hydrogen (secondary N) is 1. The zero-order chi connectivity index (χ0) is 14.8. The minimum Gasteiger partial charge on any atom is -0.383 e. The Balaban J connectivity index is 2.26. The molecule has 1 rings (SSSR count). The summed E-state index contributed by atoms with van der Waals surface area (Å²) in [6, 6.07) is 0.526. The lowest BCUT2D eigenvalue weighted by atomic mass is 10.2. The van der Waals surface area contributed by atoms with Gasteiger partial charge in [0.25, 0.3) is 0 Å². The van der Waals surface area contributed by atoms with E-state index >= 15 is 0 Å². The topological polar surface area (TPSA) is 43.0 Å². The normalized spacial score (nSPS) is 23.1. The van der Waals surface area contributed by atoms with Gasteiger partial charge in [0.15, 0.2) is 0 Å². The Labute approximate surface area is 123 Å². The average molecular weight is 288 g/mol. The van der Waals surface area contributed by atoms with Crippen molar-refractivity contribution in [3.8, 4) is 0 Å². The molecule has 1 heterocycles. The second-order valence-electron chi connectivity index (χ2n) is 5.81. The fourth-order valence-electron chi connectivity index (χ4n) is 2.45. The number of ether oxygens (including phenoxy) is 3. The van der Waals surface area contributed by atoms with Gasteiger partial charge in [0.05, 0.1) is 25.4 Å². The van der Waals surface area contributed by atoms with Crippen molar-refractivity contribution in [3.63, 3.8) is 0 Å². The Hall–Kier alpha value is -0.200. The Bertz CT molecular complexity index is 231. The molecule has 0 bridgehead atoms. The molecule has 0 amide bonds. The molecule has 0 spiro atoms. The average Bonchev–Trinajstić information content (AvgIpc) is 2.87. The van der Waals surface area contributed by atoms with E-state index in [4.69, 9.17) is 14.2 Å². The van der Waals surface area contributed by atoms with E-state index in [0.717, 1.165) is 52.2 Å². The lowest BCUT2D eigenvalue weighted by Crippen LogP contribution is -2.38. The zero-order valence-electron chi connectivity index (χ0n) is 13.6. The van der Waals surface area contributed by atoms with Crippen molar-refractivity contribution in [3.05, 3.63) is 0 Å². The Morgan fingerprint density at radius 2 is 1.70 bits per heavy atom. The predicted octanol–water partition coefficient (Wildman–Crippen LogP) is 1.13. The summed E-state index contributed by atoms with van der Waals surface area (Å²) < 4.78 is 16.5. The van der Waals surface area contributed by atoms with Crippen LogP contribution in [0, 0.1) is 0 Å². The third kappa shape index (κ3) is 7.55. The molecule has 1 N–H and O–H groups in total. The van der Waals surface area contributed by atoms with E-state index in [1.54, 1.807) is 14.2 Å². The molecule has 20 heavy (non-hydrogen) atoms. The summed E-state index contributed by atoms with van der Waals surface area (Å²) in [5.74, 6) is 0. The van der Waals surface area contributed by atoms with Crippen LogP contribution < -0.4 is 5.32 Å². The van der Waals surface area contributed by atoms with Crippen molar-refractivity contribution in [1.82, 2.24) is 10.2 Å². The molecule has 5 heteroatoms. The number of rotatable bonds is 11. The molecule has 0 aromatic carbocycles. The largest absolute Gasteiger partial charge is 0.383 e. The molecule has 1 aliphatic heterocycles. The van der Waals surface area contributed by atoms with Crippen LogP contribution in [0.5, 0.6) is 0 Å². The molecule has 5 nitrogen and oxygen atoms in total. The predicted molar refractivity (Wildman–Crippen MR) is 81.2 cm³/mol. The van der Waals surface area contributed by atoms with Crippen LogP contribution in [0.3, 0.4) is 0 Å². The first-order chi connectivity index (χ1) is 9.65. The van der Waals surface area contributed by atoms with Gasteiger partial charge in [-0.25, -0.2) is 0 Å². The van der Waals surface area contributed by atoms with Gasteiger partial charge >= 0.3 is 0 Å². The monoisotopic (exact) mass is 288 g/mol. The van der Waals surface area contributed by atoms with Crippen molar-refractivity contribution in [2.75, 3.05) is 53.6 Å². The third-order valence-corrected chi connectivity index (χ3v) is 3.63. The lowest BCUT2D eigenvalue weighted by molar-refractivity contribution is 0.0130. The van der Waals surface area contributed by atoms with E-state index in [-0.39, 0.29) is 0 Å². The summed E-state index contributed by atoms with van der Waals surface area (Å²) in [4.78, 5) is 2.37. The summed E-state index contributed by atoms with van der Waals surface area (Å²) in [5, 5.41) is 3.45. The number of nitrogens with zero attached hydrogens (tertiary/aromatic N) is 1. The van der Waals surface area contributed by atoms with Gasteiger partial charge in [0.1, 0.15) is 0 Å². The quantitative estimate of drug-likeness (QED) is 0.617. The number of methoxy groups -OCH3 is 2. The van der Waals surface area contributed by atoms with Crippen molar-refractivity contribution in [2.24, 2.45) is 0 Å². The number of hydrogen-bond acceptors (Lipinski definition) is 5. The summed E-state index contributed by atoms with van der Waals surface area (Å²) in [6.07, 6.45) is 3.03. The van der Waals surface area contributed by atoms with Gasteiger partial charge in [0, 0.05) is 46.4 Å². The van der Waals surface area contributed by atoms with Crippen molar-refractivity contribution in [1.29, 1.82) is 0 Å². The highest BCUT2D eigenvalue weighted by Gasteiger charge is 2.26. The first-order valence-corrected chi connectivity index (χ1v) is 7.74. The van der Waals surface area contributed by atoms with Gasteiger partial charge in [-0.3, -0.25) is 4.90 Å². The molecule has 2 unspecified atom stereocenters. The smallest absolute Gasteiger partial charge is 0.0707 e. The van der Waals surface area contributed by atoms with Gasteiger partial charge in [-0.1, -0.05) is 13.8 Å². The van der Waals surface area contributed by atoms with Crippen LogP contribution in [-0.4, -0.2) is 76.8 Å². The first-order valence-electron chi connectivity index (χ1n) is 7.74. The van der Waals surface area contributed by atoms with Crippen molar-refractivity contribution in [2.45, 2.75) is 44.9 Å². The summed E-state index contributed by atoms with van der Waals surface area (Å²) in [7, 11) is 3.49. The van der Waals surface area contributed by atoms with Crippen LogP contribution in [0.1, 0.15) is 26.7 Å². The van der Waals surface area contributed by atoms with Crippen LogP contribution in [0.25, 0.3) is 0 Å². The lowest BCUT2D eigenvalue weighted by Gasteiger charge is -2.25. The molecular weight excluding hydrogens is 256 g/mol. The SMILES string of the molecule is COCCN(CCOC)CC1CCC(CNC(C)C)O1. The standard InChI is InChI=1S/C15H32N2O3/c1-13(2)16-11-14-5-6-15(20-14)12-17(7-9-18-3)8-10-19-4/h13-16H,5-12H2,1-4H3. The van der Waals surface area contributed by atoms with Crippen molar-refractivity contribution >= 4 is 0 Å². The molecule has 120 valence electrons. The van der Waals surface area contributed by atoms with Crippen LogP contribution in [0.2, 0.25) is 0 Å². The van der Waals surface area contributed by atoms with Crippen molar-refractivity contribution < 1.29 is 14.2 Å². The summed E-state index contributed by atoms with van der Waals surface area (Å²) in [6.45, 7) is 9.68. The molecule has 0 radical (unpaired) electrons. The maximum Gasteiger partial charge on any atom is 0.0707 e. The third-order valence-electron chi connectivity index (χ3n) is 3.63. The molecular formula is C15H32N2O3. The van der Waals surface area contributed by atoms with E-state index in [0.29, 0.717) is 18.2 Å². The van der Waals surface area contributed by atoms with Crippen LogP contribution in [0.15, 0.2) is 0 Å². The van der Waals surface area contributed by atoms with Crippen LogP contribution in [-0.2, 0) is 14.2 Å². The van der Waals surface area contributed by atoms with Gasteiger partial charge in [0.2, 0.25) is 0 Å². The maximum atomic E-state index is 6.12. The Kier molecular flexibility index (Phi) is 9.39. The first kappa shape index (κ1) is 17.9. The Morgan fingerprint density at radius 1 is 1.10 bits per heavy atom. The van der Waals surface area contributed by atoms with Gasteiger partial charge in [-0.2, -0.15) is 0 Å². The fourth-order valence-corrected chi connectivity index (χ4v) is 2.45. The van der Waals surface area contributed by atoms with E-state index < -0.39 is 0 Å². The molecule has 0 aromatic rings. The highest BCUT2D eigenvalue weighted by Crippen LogP contribution is 2.20. The summed E-state index contributed by atoms with van der Waals surface area (Å²) in [5.41, 5.74) is 0. The molecule has 1 fully saturated rings. The van der Waals surface area contributed by atoms with Gasteiger partial charge < -0.3 is 19.5 Å². The second-order valence-corrected chi connectivity index (χ2v) is 5.81. The molecule has 0 aromatic heterocycles. The minimum atomic E-state index is 0.350. The van der Waals surface area contributed by atoms with Crippen LogP contribution in [0.4, 0.5) is 0 Å². The van der Waals surface area contributed by atoms with Crippen LogP contribution >= 0.6 is 0 Å². The van der Waals surface area contributed by atoms with E-state index in [2.05, 4.69) is 24.1 Å². The van der Waals surface area contributed by atoms with Gasteiger partial charge in [-0.15, -0.1) is 0 Å². The second kappa shape index (κ2) is 10.5. The highest BCUT2D eigenvalue weighted by molar-refractivity contribution is 4.78. The maximum absolute atomic E-state index is 6.12. The highest BCUT2D eigenvalue weighted by atomic mass is 16.5. The molecule has 2 atom stereocenters. The van der Waals surface area contributed by atoms with Gasteiger partial charge in [-0.05, 0) is 12.8 Å². The Morgan fingerprint density at radius 3 is 2.25 bits per heavy atom. The van der Waals surface area contributed by atoms with E-state index in [1.807, 2.05) is 0 Å². The van der Waals surface area contributed by atoms with E-state index in [9.17, 15) is 0 Å². The molecule has 1 saturated heterocycles. The fraction of sp³-hybridized carbons (Fsp3) is 1.00. The molecule has 1 aliphatic rings. The summed E-state index contributed by atoms with van der Waals surface area (Å²) >= 11 is 0. The minimum absolute atomic E-state index is 0.350. The zero-order valence-corrected chi connectivity index (χ0v) is 13.6.